The summed E-state index contributed by atoms with van der Waals surface area (Å²) in [5.41, 5.74) is -0.906. The van der Waals surface area contributed by atoms with Gasteiger partial charge in [-0.3, -0.25) is 0 Å². The standard InChI is InChI=1S/C8H16N2O2/c1-7(2,3)5-8(4,10-12)6-9-11/h6,11H,5H2,1-4H3/b9-6+/t8-/m0/s1. The van der Waals surface area contributed by atoms with Crippen molar-refractivity contribution in [3.05, 3.63) is 4.91 Å². The molecule has 0 amide bonds. The van der Waals surface area contributed by atoms with Crippen molar-refractivity contribution in [2.45, 2.75) is 39.7 Å². The summed E-state index contributed by atoms with van der Waals surface area (Å²) in [5.74, 6) is 0. The molecule has 0 spiro atoms. The van der Waals surface area contributed by atoms with E-state index in [-0.39, 0.29) is 5.41 Å². The number of hydrogen-bond acceptors (Lipinski definition) is 4. The highest BCUT2D eigenvalue weighted by atomic mass is 16.4. The van der Waals surface area contributed by atoms with E-state index >= 15 is 0 Å². The van der Waals surface area contributed by atoms with Gasteiger partial charge in [0.2, 0.25) is 0 Å². The molecule has 1 atom stereocenters. The van der Waals surface area contributed by atoms with Crippen LogP contribution in [0.1, 0.15) is 34.1 Å². The maximum atomic E-state index is 10.4. The third-order valence-corrected chi connectivity index (χ3v) is 1.43. The van der Waals surface area contributed by atoms with Crippen LogP contribution in [0.15, 0.2) is 10.3 Å². The normalized spacial score (nSPS) is 17.7. The summed E-state index contributed by atoms with van der Waals surface area (Å²) in [4.78, 5) is 10.4. The maximum Gasteiger partial charge on any atom is 0.138 e. The Morgan fingerprint density at radius 2 is 1.83 bits per heavy atom. The Morgan fingerprint density at radius 1 is 1.33 bits per heavy atom. The SMILES string of the molecule is CC(C)(C)C[C@@](C)(/C=N/O)N=O. The van der Waals surface area contributed by atoms with Gasteiger partial charge in [-0.15, -0.1) is 4.91 Å². The number of nitroso groups, excluding NO2 is 1. The van der Waals surface area contributed by atoms with Gasteiger partial charge in [0.25, 0.3) is 0 Å². The van der Waals surface area contributed by atoms with Crippen LogP contribution >= 0.6 is 0 Å². The molecule has 70 valence electrons. The van der Waals surface area contributed by atoms with Gasteiger partial charge in [-0.05, 0) is 18.8 Å². The van der Waals surface area contributed by atoms with E-state index in [9.17, 15) is 4.91 Å². The van der Waals surface area contributed by atoms with Crippen molar-refractivity contribution in [1.82, 2.24) is 0 Å². The summed E-state index contributed by atoms with van der Waals surface area (Å²) >= 11 is 0. The highest BCUT2D eigenvalue weighted by molar-refractivity contribution is 5.69. The first-order valence-corrected chi connectivity index (χ1v) is 3.86. The van der Waals surface area contributed by atoms with E-state index in [4.69, 9.17) is 5.21 Å². The lowest BCUT2D eigenvalue weighted by molar-refractivity contribution is 0.298. The fraction of sp³-hybridized carbons (Fsp3) is 0.875. The zero-order valence-electron chi connectivity index (χ0n) is 8.03. The Morgan fingerprint density at radius 3 is 2.08 bits per heavy atom. The Balaban J connectivity index is 4.45. The van der Waals surface area contributed by atoms with Crippen molar-refractivity contribution in [1.29, 1.82) is 0 Å². The molecule has 0 bridgehead atoms. The first kappa shape index (κ1) is 11.1. The molecule has 0 unspecified atom stereocenters. The summed E-state index contributed by atoms with van der Waals surface area (Å²) < 4.78 is 0. The van der Waals surface area contributed by atoms with Gasteiger partial charge in [0, 0.05) is 0 Å². The lowest BCUT2D eigenvalue weighted by atomic mass is 9.82. The summed E-state index contributed by atoms with van der Waals surface area (Å²) in [7, 11) is 0. The molecular formula is C8H16N2O2. The van der Waals surface area contributed by atoms with Crippen LogP contribution < -0.4 is 0 Å². The predicted octanol–water partition coefficient (Wildman–Crippen LogP) is 2.41. The van der Waals surface area contributed by atoms with E-state index in [0.717, 1.165) is 0 Å². The van der Waals surface area contributed by atoms with Gasteiger partial charge in [0.05, 0.1) is 6.21 Å². The monoisotopic (exact) mass is 172 g/mol. The van der Waals surface area contributed by atoms with E-state index in [2.05, 4.69) is 10.3 Å². The molecule has 0 aliphatic rings. The van der Waals surface area contributed by atoms with E-state index in [1.165, 1.54) is 6.21 Å². The minimum atomic E-state index is -0.896. The molecule has 0 aromatic rings. The second-order valence-corrected chi connectivity index (χ2v) is 4.43. The number of rotatable bonds is 3. The van der Waals surface area contributed by atoms with Crippen LogP contribution in [-0.4, -0.2) is 17.0 Å². The summed E-state index contributed by atoms with van der Waals surface area (Å²) in [5, 5.41) is 14.1. The highest BCUT2D eigenvalue weighted by Gasteiger charge is 2.29. The number of oxime groups is 1. The average molecular weight is 172 g/mol. The largest absolute Gasteiger partial charge is 0.411 e. The molecule has 1 N–H and O–H groups in total. The lowest BCUT2D eigenvalue weighted by Crippen LogP contribution is -2.29. The van der Waals surface area contributed by atoms with Crippen LogP contribution in [0.4, 0.5) is 0 Å². The van der Waals surface area contributed by atoms with Gasteiger partial charge in [-0.25, -0.2) is 0 Å². The van der Waals surface area contributed by atoms with Gasteiger partial charge in [0.1, 0.15) is 5.54 Å². The average Bonchev–Trinajstić information content (AvgIpc) is 1.84. The smallest absolute Gasteiger partial charge is 0.138 e. The van der Waals surface area contributed by atoms with Crippen LogP contribution in [-0.2, 0) is 0 Å². The minimum Gasteiger partial charge on any atom is -0.411 e. The first-order valence-electron chi connectivity index (χ1n) is 3.86. The van der Waals surface area contributed by atoms with Crippen LogP contribution in [0.25, 0.3) is 0 Å². The van der Waals surface area contributed by atoms with E-state index in [0.29, 0.717) is 6.42 Å². The molecule has 0 aromatic heterocycles. The highest BCUT2D eigenvalue weighted by Crippen LogP contribution is 2.28. The van der Waals surface area contributed by atoms with Crippen LogP contribution in [0.5, 0.6) is 0 Å². The van der Waals surface area contributed by atoms with Gasteiger partial charge in [-0.2, -0.15) is 0 Å². The Hall–Kier alpha value is -0.930. The van der Waals surface area contributed by atoms with E-state index in [1.807, 2.05) is 20.8 Å². The first-order chi connectivity index (χ1) is 5.33. The summed E-state index contributed by atoms with van der Waals surface area (Å²) in [6.45, 7) is 7.65. The molecule has 0 radical (unpaired) electrons. The number of nitrogens with zero attached hydrogens (tertiary/aromatic N) is 2. The third-order valence-electron chi connectivity index (χ3n) is 1.43. The minimum absolute atomic E-state index is 0.0101. The number of hydrogen-bond donors (Lipinski definition) is 1. The zero-order chi connectivity index (χ0) is 9.83. The van der Waals surface area contributed by atoms with Crippen LogP contribution in [0.3, 0.4) is 0 Å². The molecule has 0 fully saturated rings. The van der Waals surface area contributed by atoms with Crippen molar-refractivity contribution in [3.63, 3.8) is 0 Å². The quantitative estimate of drug-likeness (QED) is 0.307. The van der Waals surface area contributed by atoms with Gasteiger partial charge >= 0.3 is 0 Å². The van der Waals surface area contributed by atoms with Crippen molar-refractivity contribution in [2.24, 2.45) is 15.7 Å². The molecule has 0 aromatic carbocycles. The topological polar surface area (TPSA) is 62.0 Å². The lowest BCUT2D eigenvalue weighted by Gasteiger charge is -2.25. The van der Waals surface area contributed by atoms with Crippen molar-refractivity contribution < 1.29 is 5.21 Å². The molecular weight excluding hydrogens is 156 g/mol. The van der Waals surface area contributed by atoms with Crippen molar-refractivity contribution in [3.8, 4) is 0 Å². The van der Waals surface area contributed by atoms with Gasteiger partial charge in [0.15, 0.2) is 0 Å². The second-order valence-electron chi connectivity index (χ2n) is 4.43. The van der Waals surface area contributed by atoms with Gasteiger partial charge in [-0.1, -0.05) is 31.1 Å². The van der Waals surface area contributed by atoms with E-state index in [1.54, 1.807) is 6.92 Å². The maximum absolute atomic E-state index is 10.4. The third kappa shape index (κ3) is 4.05. The molecule has 0 aliphatic carbocycles. The summed E-state index contributed by atoms with van der Waals surface area (Å²) in [6.07, 6.45) is 1.73. The van der Waals surface area contributed by atoms with Gasteiger partial charge < -0.3 is 5.21 Å². The fourth-order valence-electron chi connectivity index (χ4n) is 1.30. The van der Waals surface area contributed by atoms with Crippen molar-refractivity contribution >= 4 is 6.21 Å². The Kier molecular flexibility index (Phi) is 3.36. The predicted molar refractivity (Wildman–Crippen MR) is 48.6 cm³/mol. The molecule has 0 aliphatic heterocycles. The second kappa shape index (κ2) is 3.65. The molecule has 12 heavy (non-hydrogen) atoms. The van der Waals surface area contributed by atoms with Crippen molar-refractivity contribution in [2.75, 3.05) is 0 Å². The molecule has 0 saturated carbocycles. The molecule has 0 saturated heterocycles. The molecule has 0 rings (SSSR count). The fourth-order valence-corrected chi connectivity index (χ4v) is 1.30. The van der Waals surface area contributed by atoms with Crippen LogP contribution in [0.2, 0.25) is 0 Å². The molecule has 4 nitrogen and oxygen atoms in total. The zero-order valence-corrected chi connectivity index (χ0v) is 8.03. The molecule has 4 heteroatoms. The van der Waals surface area contributed by atoms with E-state index < -0.39 is 5.54 Å². The van der Waals surface area contributed by atoms with Crippen LogP contribution in [0, 0.1) is 10.3 Å². The summed E-state index contributed by atoms with van der Waals surface area (Å²) in [6, 6.07) is 0. The Labute approximate surface area is 72.6 Å². The Bertz CT molecular complexity index is 184. The molecule has 0 heterocycles.